The van der Waals surface area contributed by atoms with Crippen molar-refractivity contribution in [1.82, 2.24) is 14.9 Å². The number of halogens is 1. The third kappa shape index (κ3) is 3.35. The third-order valence-electron chi connectivity index (χ3n) is 5.26. The number of anilines is 1. The van der Waals surface area contributed by atoms with Gasteiger partial charge in [0.25, 0.3) is 5.91 Å². The molecule has 0 radical (unpaired) electrons. The van der Waals surface area contributed by atoms with Gasteiger partial charge in [-0.3, -0.25) is 4.79 Å². The van der Waals surface area contributed by atoms with Gasteiger partial charge in [0.15, 0.2) is 5.69 Å². The Labute approximate surface area is 148 Å². The molecule has 0 bridgehead atoms. The van der Waals surface area contributed by atoms with Crippen molar-refractivity contribution >= 4 is 23.5 Å². The van der Waals surface area contributed by atoms with Crippen LogP contribution in [-0.4, -0.2) is 60.2 Å². The summed E-state index contributed by atoms with van der Waals surface area (Å²) in [5.41, 5.74) is 0.535. The highest BCUT2D eigenvalue weighted by Crippen LogP contribution is 2.40. The zero-order chi connectivity index (χ0) is 17.2. The molecule has 6 nitrogen and oxygen atoms in total. The van der Waals surface area contributed by atoms with Crippen LogP contribution in [0.4, 0.5) is 5.95 Å². The van der Waals surface area contributed by atoms with E-state index in [9.17, 15) is 4.79 Å². The van der Waals surface area contributed by atoms with Crippen LogP contribution in [0.1, 0.15) is 43.6 Å². The summed E-state index contributed by atoms with van der Waals surface area (Å²) in [6, 6.07) is 0. The lowest BCUT2D eigenvalue weighted by molar-refractivity contribution is 0.0190. The van der Waals surface area contributed by atoms with Crippen LogP contribution in [0.2, 0.25) is 5.02 Å². The molecule has 1 aromatic rings. The molecular weight excluding hydrogens is 328 g/mol. The molecule has 2 saturated heterocycles. The van der Waals surface area contributed by atoms with E-state index in [-0.39, 0.29) is 11.3 Å². The summed E-state index contributed by atoms with van der Waals surface area (Å²) in [5.74, 6) is 0.479. The van der Waals surface area contributed by atoms with Gasteiger partial charge >= 0.3 is 0 Å². The van der Waals surface area contributed by atoms with Crippen LogP contribution in [0.15, 0.2) is 6.20 Å². The maximum Gasteiger partial charge on any atom is 0.274 e. The monoisotopic (exact) mass is 352 g/mol. The average molecular weight is 353 g/mol. The Morgan fingerprint density at radius 3 is 2.71 bits per heavy atom. The number of aromatic nitrogens is 2. The van der Waals surface area contributed by atoms with Crippen molar-refractivity contribution in [3.05, 3.63) is 16.9 Å². The zero-order valence-electron chi connectivity index (χ0n) is 14.4. The summed E-state index contributed by atoms with van der Waals surface area (Å²) in [5, 5.41) is 0.323. The van der Waals surface area contributed by atoms with Crippen molar-refractivity contribution in [3.63, 3.8) is 0 Å². The Balaban J connectivity index is 1.78. The lowest BCUT2D eigenvalue weighted by atomic mass is 9.80. The minimum Gasteiger partial charge on any atom is -0.381 e. The molecule has 132 valence electrons. The molecule has 0 unspecified atom stereocenters. The van der Waals surface area contributed by atoms with Crippen LogP contribution < -0.4 is 4.90 Å². The molecule has 2 aliphatic heterocycles. The van der Waals surface area contributed by atoms with Gasteiger partial charge in [-0.25, -0.2) is 9.97 Å². The molecule has 0 saturated carbocycles. The highest BCUT2D eigenvalue weighted by molar-refractivity contribution is 6.33. The van der Waals surface area contributed by atoms with Crippen molar-refractivity contribution < 1.29 is 9.53 Å². The molecule has 2 fully saturated rings. The first-order valence-corrected chi connectivity index (χ1v) is 9.11. The first-order valence-electron chi connectivity index (χ1n) is 8.73. The van der Waals surface area contributed by atoms with E-state index in [1.54, 1.807) is 0 Å². The molecule has 7 heteroatoms. The molecule has 3 rings (SSSR count). The van der Waals surface area contributed by atoms with Crippen LogP contribution in [0.3, 0.4) is 0 Å². The van der Waals surface area contributed by atoms with Gasteiger partial charge in [-0.1, -0.05) is 11.6 Å². The quantitative estimate of drug-likeness (QED) is 0.833. The standard InChI is InChI=1S/C17H25ClN4O2/c1-3-21(4-2)16-19-11-13(18)14(20-16)15(23)22-8-5-17(12-22)6-9-24-10-7-17/h11H,3-10,12H2,1-2H3. The fourth-order valence-corrected chi connectivity index (χ4v) is 3.81. The minimum atomic E-state index is -0.0841. The van der Waals surface area contributed by atoms with Crippen LogP contribution in [0.5, 0.6) is 0 Å². The highest BCUT2D eigenvalue weighted by Gasteiger charge is 2.41. The molecule has 0 N–H and O–H groups in total. The Bertz CT molecular complexity index is 600. The molecule has 1 amide bonds. The number of ether oxygens (including phenoxy) is 1. The molecule has 0 aliphatic carbocycles. The van der Waals surface area contributed by atoms with Crippen molar-refractivity contribution in [2.75, 3.05) is 44.3 Å². The average Bonchev–Trinajstić information content (AvgIpc) is 3.01. The van der Waals surface area contributed by atoms with E-state index < -0.39 is 0 Å². The molecular formula is C17H25ClN4O2. The number of hydrogen-bond acceptors (Lipinski definition) is 5. The topological polar surface area (TPSA) is 58.6 Å². The van der Waals surface area contributed by atoms with Gasteiger partial charge in [-0.15, -0.1) is 0 Å². The number of nitrogens with zero attached hydrogens (tertiary/aromatic N) is 4. The van der Waals surface area contributed by atoms with E-state index >= 15 is 0 Å². The van der Waals surface area contributed by atoms with Crippen LogP contribution in [-0.2, 0) is 4.74 Å². The van der Waals surface area contributed by atoms with Crippen molar-refractivity contribution in [1.29, 1.82) is 0 Å². The fourth-order valence-electron chi connectivity index (χ4n) is 3.64. The van der Waals surface area contributed by atoms with Gasteiger partial charge in [0.2, 0.25) is 5.95 Å². The molecule has 3 heterocycles. The number of carbonyl (C=O) groups excluding carboxylic acids is 1. The van der Waals surface area contributed by atoms with Crippen molar-refractivity contribution in [3.8, 4) is 0 Å². The van der Waals surface area contributed by atoms with Gasteiger partial charge < -0.3 is 14.5 Å². The van der Waals surface area contributed by atoms with Gasteiger partial charge in [-0.2, -0.15) is 0 Å². The number of rotatable bonds is 4. The SMILES string of the molecule is CCN(CC)c1ncc(Cl)c(C(=O)N2CCC3(CCOCC3)C2)n1. The second-order valence-electron chi connectivity index (χ2n) is 6.63. The predicted octanol–water partition coefficient (Wildman–Crippen LogP) is 2.62. The number of amides is 1. The molecule has 24 heavy (non-hydrogen) atoms. The number of likely N-dealkylation sites (tertiary alicyclic amines) is 1. The highest BCUT2D eigenvalue weighted by atomic mass is 35.5. The Kier molecular flexibility index (Phi) is 5.25. The van der Waals surface area contributed by atoms with Crippen LogP contribution in [0, 0.1) is 5.41 Å². The van der Waals surface area contributed by atoms with E-state index in [4.69, 9.17) is 16.3 Å². The summed E-state index contributed by atoms with van der Waals surface area (Å²) < 4.78 is 5.47. The van der Waals surface area contributed by atoms with Crippen LogP contribution in [0.25, 0.3) is 0 Å². The maximum atomic E-state index is 12.9. The smallest absolute Gasteiger partial charge is 0.274 e. The summed E-state index contributed by atoms with van der Waals surface area (Å²) in [6.07, 6.45) is 4.63. The fraction of sp³-hybridized carbons (Fsp3) is 0.706. The summed E-state index contributed by atoms with van der Waals surface area (Å²) >= 11 is 6.23. The molecule has 0 atom stereocenters. The van der Waals surface area contributed by atoms with Crippen molar-refractivity contribution in [2.45, 2.75) is 33.1 Å². The summed E-state index contributed by atoms with van der Waals surface area (Å²) in [6.45, 7) is 8.79. The van der Waals surface area contributed by atoms with Gasteiger partial charge in [0.05, 0.1) is 11.2 Å². The summed E-state index contributed by atoms with van der Waals surface area (Å²) in [4.78, 5) is 25.6. The Hall–Kier alpha value is -1.40. The van der Waals surface area contributed by atoms with E-state index in [1.807, 2.05) is 23.6 Å². The normalized spacial score (nSPS) is 19.7. The second-order valence-corrected chi connectivity index (χ2v) is 7.04. The summed E-state index contributed by atoms with van der Waals surface area (Å²) in [7, 11) is 0. The lowest BCUT2D eigenvalue weighted by Crippen LogP contribution is -2.36. The predicted molar refractivity (Wildman–Crippen MR) is 93.6 cm³/mol. The Morgan fingerprint density at radius 1 is 1.33 bits per heavy atom. The zero-order valence-corrected chi connectivity index (χ0v) is 15.2. The van der Waals surface area contributed by atoms with E-state index in [0.717, 1.165) is 58.7 Å². The molecule has 2 aliphatic rings. The first kappa shape index (κ1) is 17.4. The molecule has 1 aromatic heterocycles. The Morgan fingerprint density at radius 2 is 2.04 bits per heavy atom. The lowest BCUT2D eigenvalue weighted by Gasteiger charge is -2.33. The van der Waals surface area contributed by atoms with Gasteiger partial charge in [-0.05, 0) is 38.5 Å². The van der Waals surface area contributed by atoms with Gasteiger partial charge in [0, 0.05) is 39.4 Å². The number of carbonyl (C=O) groups is 1. The first-order chi connectivity index (χ1) is 11.6. The van der Waals surface area contributed by atoms with E-state index in [1.165, 1.54) is 6.20 Å². The molecule has 1 spiro atoms. The van der Waals surface area contributed by atoms with Crippen LogP contribution >= 0.6 is 11.6 Å². The largest absolute Gasteiger partial charge is 0.381 e. The maximum absolute atomic E-state index is 12.9. The minimum absolute atomic E-state index is 0.0841. The number of hydrogen-bond donors (Lipinski definition) is 0. The van der Waals surface area contributed by atoms with E-state index in [2.05, 4.69) is 9.97 Å². The second kappa shape index (κ2) is 7.23. The van der Waals surface area contributed by atoms with Gasteiger partial charge in [0.1, 0.15) is 0 Å². The molecule has 0 aromatic carbocycles. The van der Waals surface area contributed by atoms with Crippen molar-refractivity contribution in [2.24, 2.45) is 5.41 Å². The van der Waals surface area contributed by atoms with E-state index in [0.29, 0.717) is 16.7 Å². The third-order valence-corrected chi connectivity index (χ3v) is 5.54.